The molecule has 1 aliphatic heterocycles. The standard InChI is InChI=1S/C10H18N2/c1-2-8(1)10-7-12(6-5-11-10)9-3-4-9/h8-11H,1-7H2. The van der Waals surface area contributed by atoms with Gasteiger partial charge >= 0.3 is 0 Å². The van der Waals surface area contributed by atoms with Crippen LogP contribution in [0.1, 0.15) is 25.7 Å². The molecule has 2 nitrogen and oxygen atoms in total. The lowest BCUT2D eigenvalue weighted by Gasteiger charge is -2.33. The quantitative estimate of drug-likeness (QED) is 0.654. The van der Waals surface area contributed by atoms with Gasteiger partial charge in [-0.1, -0.05) is 0 Å². The van der Waals surface area contributed by atoms with Gasteiger partial charge < -0.3 is 5.32 Å². The second-order valence-electron chi connectivity index (χ2n) is 4.62. The van der Waals surface area contributed by atoms with E-state index in [9.17, 15) is 0 Å². The van der Waals surface area contributed by atoms with E-state index in [1.807, 2.05) is 0 Å². The van der Waals surface area contributed by atoms with Crippen molar-refractivity contribution in [1.82, 2.24) is 10.2 Å². The van der Waals surface area contributed by atoms with E-state index in [1.54, 1.807) is 0 Å². The first-order valence-electron chi connectivity index (χ1n) is 5.41. The first-order chi connectivity index (χ1) is 5.93. The molecule has 3 fully saturated rings. The Balaban J connectivity index is 1.58. The van der Waals surface area contributed by atoms with E-state index in [1.165, 1.54) is 45.3 Å². The Bertz CT molecular complexity index is 155. The summed E-state index contributed by atoms with van der Waals surface area (Å²) < 4.78 is 0. The third-order valence-electron chi connectivity index (χ3n) is 3.49. The Morgan fingerprint density at radius 1 is 1.08 bits per heavy atom. The Morgan fingerprint density at radius 2 is 1.92 bits per heavy atom. The lowest BCUT2D eigenvalue weighted by molar-refractivity contribution is 0.180. The number of hydrogen-bond acceptors (Lipinski definition) is 2. The molecule has 0 aromatic heterocycles. The maximum atomic E-state index is 3.65. The third-order valence-corrected chi connectivity index (χ3v) is 3.49. The smallest absolute Gasteiger partial charge is 0.0223 e. The summed E-state index contributed by atoms with van der Waals surface area (Å²) in [6, 6.07) is 1.83. The maximum Gasteiger partial charge on any atom is 0.0223 e. The Kier molecular flexibility index (Phi) is 1.66. The molecule has 1 heterocycles. The summed E-state index contributed by atoms with van der Waals surface area (Å²) in [6.07, 6.45) is 5.90. The van der Waals surface area contributed by atoms with Gasteiger partial charge in [-0.3, -0.25) is 4.90 Å². The Hall–Kier alpha value is -0.0800. The molecule has 0 radical (unpaired) electrons. The molecule has 12 heavy (non-hydrogen) atoms. The lowest BCUT2D eigenvalue weighted by Crippen LogP contribution is -2.52. The molecule has 0 spiro atoms. The monoisotopic (exact) mass is 166 g/mol. The molecule has 0 bridgehead atoms. The summed E-state index contributed by atoms with van der Waals surface area (Å²) in [5, 5.41) is 3.65. The van der Waals surface area contributed by atoms with Crippen LogP contribution in [0.25, 0.3) is 0 Å². The zero-order valence-electron chi connectivity index (χ0n) is 7.63. The Labute approximate surface area is 74.3 Å². The SMILES string of the molecule is C1CN(C2CC2)CC(C2CC2)N1. The molecule has 68 valence electrons. The van der Waals surface area contributed by atoms with E-state index >= 15 is 0 Å². The second kappa shape index (κ2) is 2.71. The van der Waals surface area contributed by atoms with Gasteiger partial charge in [0.15, 0.2) is 0 Å². The van der Waals surface area contributed by atoms with Crippen LogP contribution in [-0.2, 0) is 0 Å². The van der Waals surface area contributed by atoms with Crippen molar-refractivity contribution in [3.8, 4) is 0 Å². The number of nitrogens with zero attached hydrogens (tertiary/aromatic N) is 1. The topological polar surface area (TPSA) is 15.3 Å². The summed E-state index contributed by atoms with van der Waals surface area (Å²) in [6.45, 7) is 3.88. The summed E-state index contributed by atoms with van der Waals surface area (Å²) in [5.74, 6) is 1.03. The van der Waals surface area contributed by atoms with E-state index in [2.05, 4.69) is 10.2 Å². The predicted molar refractivity (Wildman–Crippen MR) is 49.1 cm³/mol. The van der Waals surface area contributed by atoms with E-state index in [0.717, 1.165) is 18.0 Å². The van der Waals surface area contributed by atoms with Gasteiger partial charge in [0, 0.05) is 31.7 Å². The highest BCUT2D eigenvalue weighted by Crippen LogP contribution is 2.35. The van der Waals surface area contributed by atoms with Gasteiger partial charge in [-0.2, -0.15) is 0 Å². The minimum absolute atomic E-state index is 0.847. The highest BCUT2D eigenvalue weighted by atomic mass is 15.2. The van der Waals surface area contributed by atoms with Crippen LogP contribution in [0.15, 0.2) is 0 Å². The second-order valence-corrected chi connectivity index (χ2v) is 4.62. The van der Waals surface area contributed by atoms with Crippen molar-refractivity contribution < 1.29 is 0 Å². The molecule has 0 amide bonds. The molecule has 2 saturated carbocycles. The fourth-order valence-electron chi connectivity index (χ4n) is 2.39. The van der Waals surface area contributed by atoms with Crippen LogP contribution in [0.5, 0.6) is 0 Å². The van der Waals surface area contributed by atoms with Gasteiger partial charge in [0.2, 0.25) is 0 Å². The minimum atomic E-state index is 0.847. The summed E-state index contributed by atoms with van der Waals surface area (Å²) >= 11 is 0. The van der Waals surface area contributed by atoms with Gasteiger partial charge in [-0.05, 0) is 31.6 Å². The molecule has 1 N–H and O–H groups in total. The first-order valence-corrected chi connectivity index (χ1v) is 5.41. The number of hydrogen-bond donors (Lipinski definition) is 1. The molecular weight excluding hydrogens is 148 g/mol. The van der Waals surface area contributed by atoms with Crippen molar-refractivity contribution in [1.29, 1.82) is 0 Å². The van der Waals surface area contributed by atoms with E-state index in [-0.39, 0.29) is 0 Å². The van der Waals surface area contributed by atoms with E-state index in [0.29, 0.717) is 0 Å². The zero-order chi connectivity index (χ0) is 7.97. The highest BCUT2D eigenvalue weighted by Gasteiger charge is 2.38. The van der Waals surface area contributed by atoms with Crippen molar-refractivity contribution in [2.75, 3.05) is 19.6 Å². The van der Waals surface area contributed by atoms with E-state index < -0.39 is 0 Å². The fraction of sp³-hybridized carbons (Fsp3) is 1.00. The van der Waals surface area contributed by atoms with Crippen LogP contribution in [0.2, 0.25) is 0 Å². The molecule has 1 unspecified atom stereocenters. The number of piperazine rings is 1. The van der Waals surface area contributed by atoms with Gasteiger partial charge in [-0.25, -0.2) is 0 Å². The zero-order valence-corrected chi connectivity index (χ0v) is 7.63. The van der Waals surface area contributed by atoms with Crippen LogP contribution < -0.4 is 5.32 Å². The molecule has 2 heteroatoms. The summed E-state index contributed by atoms with van der Waals surface area (Å²) in [7, 11) is 0. The Morgan fingerprint density at radius 3 is 2.58 bits per heavy atom. The summed E-state index contributed by atoms with van der Waals surface area (Å²) in [4.78, 5) is 2.71. The molecule has 0 aromatic carbocycles. The molecule has 3 rings (SSSR count). The van der Waals surface area contributed by atoms with Crippen LogP contribution >= 0.6 is 0 Å². The highest BCUT2D eigenvalue weighted by molar-refractivity contribution is 4.95. The molecule has 2 aliphatic carbocycles. The van der Waals surface area contributed by atoms with Crippen LogP contribution in [0.3, 0.4) is 0 Å². The van der Waals surface area contributed by atoms with Gasteiger partial charge in [0.25, 0.3) is 0 Å². The van der Waals surface area contributed by atoms with Gasteiger partial charge in [0.05, 0.1) is 0 Å². The number of rotatable bonds is 2. The first kappa shape index (κ1) is 7.34. The van der Waals surface area contributed by atoms with Crippen LogP contribution in [0.4, 0.5) is 0 Å². The van der Waals surface area contributed by atoms with Crippen LogP contribution in [-0.4, -0.2) is 36.6 Å². The molecule has 1 saturated heterocycles. The van der Waals surface area contributed by atoms with E-state index in [4.69, 9.17) is 0 Å². The van der Waals surface area contributed by atoms with Gasteiger partial charge in [0.1, 0.15) is 0 Å². The average molecular weight is 166 g/mol. The van der Waals surface area contributed by atoms with Gasteiger partial charge in [-0.15, -0.1) is 0 Å². The average Bonchev–Trinajstić information content (AvgIpc) is 2.98. The maximum absolute atomic E-state index is 3.65. The normalized spacial score (nSPS) is 38.5. The van der Waals surface area contributed by atoms with Crippen molar-refractivity contribution in [3.63, 3.8) is 0 Å². The third kappa shape index (κ3) is 1.38. The molecule has 3 aliphatic rings. The fourth-order valence-corrected chi connectivity index (χ4v) is 2.39. The largest absolute Gasteiger partial charge is 0.311 e. The minimum Gasteiger partial charge on any atom is -0.311 e. The molecule has 0 aromatic rings. The summed E-state index contributed by atoms with van der Waals surface area (Å²) in [5.41, 5.74) is 0. The molecular formula is C10H18N2. The van der Waals surface area contributed by atoms with Crippen molar-refractivity contribution in [2.45, 2.75) is 37.8 Å². The lowest BCUT2D eigenvalue weighted by atomic mass is 10.1. The van der Waals surface area contributed by atoms with Crippen molar-refractivity contribution in [3.05, 3.63) is 0 Å². The predicted octanol–water partition coefficient (Wildman–Crippen LogP) is 0.833. The van der Waals surface area contributed by atoms with Crippen molar-refractivity contribution in [2.24, 2.45) is 5.92 Å². The number of nitrogens with one attached hydrogen (secondary N) is 1. The van der Waals surface area contributed by atoms with Crippen molar-refractivity contribution >= 4 is 0 Å². The molecule has 1 atom stereocenters. The van der Waals surface area contributed by atoms with Crippen LogP contribution in [0, 0.1) is 5.92 Å².